The first-order valence-electron chi connectivity index (χ1n) is 12.5. The minimum Gasteiger partial charge on any atom is -0.493 e. The van der Waals surface area contributed by atoms with Crippen molar-refractivity contribution in [3.8, 4) is 24.0 Å². The molecule has 2 aromatic heterocycles. The second-order valence-electron chi connectivity index (χ2n) is 9.00. The molecule has 40 heavy (non-hydrogen) atoms. The molecule has 0 saturated heterocycles. The number of benzene rings is 2. The number of fused-ring (bicyclic) bond motifs is 1. The fourth-order valence-electron chi connectivity index (χ4n) is 3.83. The van der Waals surface area contributed by atoms with Gasteiger partial charge in [0.25, 0.3) is 5.91 Å². The molecule has 4 aromatic rings. The van der Waals surface area contributed by atoms with Crippen LogP contribution in [-0.2, 0) is 0 Å². The number of rotatable bonds is 11. The molecule has 2 N–H and O–H groups in total. The Morgan fingerprint density at radius 1 is 1.07 bits per heavy atom. The van der Waals surface area contributed by atoms with E-state index < -0.39 is 17.5 Å². The summed E-state index contributed by atoms with van der Waals surface area (Å²) in [4.78, 5) is 27.2. The molecule has 0 aliphatic rings. The largest absolute Gasteiger partial charge is 0.493 e. The van der Waals surface area contributed by atoms with Crippen LogP contribution in [0.25, 0.3) is 10.9 Å². The lowest BCUT2D eigenvalue weighted by Gasteiger charge is -2.21. The maximum absolute atomic E-state index is 13.4. The number of terminal acetylenes is 1. The van der Waals surface area contributed by atoms with Gasteiger partial charge in [-0.05, 0) is 56.7 Å². The number of anilines is 3. The van der Waals surface area contributed by atoms with Crippen molar-refractivity contribution in [2.45, 2.75) is 26.3 Å². The van der Waals surface area contributed by atoms with Crippen molar-refractivity contribution >= 4 is 34.1 Å². The minimum atomic E-state index is -1.11. The second kappa shape index (κ2) is 12.7. The van der Waals surface area contributed by atoms with Crippen LogP contribution in [0.2, 0.25) is 0 Å². The number of halogens is 2. The number of hydrogen-bond donors (Lipinski definition) is 2. The van der Waals surface area contributed by atoms with E-state index in [0.717, 1.165) is 18.6 Å². The smallest absolute Gasteiger partial charge is 0.256 e. The standard InChI is InChI=1S/C29H28F2N6O3/c1-5-37(18(2)3)11-6-12-40-26-15-24-21(14-25(26)39-4)28(34-17-33-24)35-20-8-10-27(32-16-20)36-29(38)19-7-9-22(30)23(31)13-19/h1,7-10,13-18H,6,11-12H2,2-4H3,(H,32,36,38)(H,33,34,35). The molecular weight excluding hydrogens is 518 g/mol. The first-order chi connectivity index (χ1) is 19.3. The zero-order chi connectivity index (χ0) is 28.6. The highest BCUT2D eigenvalue weighted by Crippen LogP contribution is 2.34. The van der Waals surface area contributed by atoms with Crippen LogP contribution in [0.3, 0.4) is 0 Å². The highest BCUT2D eigenvalue weighted by molar-refractivity contribution is 6.03. The summed E-state index contributed by atoms with van der Waals surface area (Å²) in [5.41, 5.74) is 1.20. The third-order valence-electron chi connectivity index (χ3n) is 5.96. The van der Waals surface area contributed by atoms with Gasteiger partial charge in [0.05, 0.1) is 31.1 Å². The quantitative estimate of drug-likeness (QED) is 0.147. The molecule has 0 spiro atoms. The molecule has 0 aliphatic heterocycles. The molecule has 0 radical (unpaired) electrons. The Morgan fingerprint density at radius 3 is 2.58 bits per heavy atom. The van der Waals surface area contributed by atoms with Crippen LogP contribution >= 0.6 is 0 Å². The number of aromatic nitrogens is 3. The SMILES string of the molecule is C#CN(CCCOc1cc2ncnc(Nc3ccc(NC(=O)c4ccc(F)c(F)c4)nc3)c2cc1OC)C(C)C. The Balaban J connectivity index is 1.44. The van der Waals surface area contributed by atoms with Gasteiger partial charge in [-0.15, -0.1) is 0 Å². The number of nitrogens with one attached hydrogen (secondary N) is 2. The lowest BCUT2D eigenvalue weighted by atomic mass is 10.2. The number of pyridine rings is 1. The summed E-state index contributed by atoms with van der Waals surface area (Å²) >= 11 is 0. The third-order valence-corrected chi connectivity index (χ3v) is 5.96. The van der Waals surface area contributed by atoms with Gasteiger partial charge in [-0.25, -0.2) is 23.7 Å². The van der Waals surface area contributed by atoms with Gasteiger partial charge in [0.1, 0.15) is 18.0 Å². The first-order valence-corrected chi connectivity index (χ1v) is 12.5. The number of carbonyl (C=O) groups excluding carboxylic acids is 1. The van der Waals surface area contributed by atoms with Gasteiger partial charge >= 0.3 is 0 Å². The van der Waals surface area contributed by atoms with Gasteiger partial charge in [0, 0.05) is 35.6 Å². The molecule has 0 fully saturated rings. The van der Waals surface area contributed by atoms with Crippen molar-refractivity contribution in [1.29, 1.82) is 0 Å². The zero-order valence-corrected chi connectivity index (χ0v) is 22.2. The fourth-order valence-corrected chi connectivity index (χ4v) is 3.83. The van der Waals surface area contributed by atoms with Crippen molar-refractivity contribution in [3.05, 3.63) is 72.2 Å². The highest BCUT2D eigenvalue weighted by atomic mass is 19.2. The van der Waals surface area contributed by atoms with Crippen LogP contribution in [0.15, 0.2) is 55.0 Å². The molecular formula is C29H28F2N6O3. The average Bonchev–Trinajstić information content (AvgIpc) is 2.95. The summed E-state index contributed by atoms with van der Waals surface area (Å²) < 4.78 is 38.1. The predicted octanol–water partition coefficient (Wildman–Crippen LogP) is 5.38. The Bertz CT molecular complexity index is 1540. The summed E-state index contributed by atoms with van der Waals surface area (Å²) in [6.45, 7) is 5.25. The van der Waals surface area contributed by atoms with Crippen LogP contribution < -0.4 is 20.1 Å². The number of ether oxygens (including phenoxy) is 2. The number of nitrogens with zero attached hydrogens (tertiary/aromatic N) is 4. The molecule has 2 heterocycles. The van der Waals surface area contributed by atoms with E-state index in [1.165, 1.54) is 18.6 Å². The van der Waals surface area contributed by atoms with Crippen LogP contribution in [0.4, 0.5) is 26.1 Å². The highest BCUT2D eigenvalue weighted by Gasteiger charge is 2.14. The molecule has 0 aliphatic carbocycles. The van der Waals surface area contributed by atoms with Gasteiger partial charge < -0.3 is 25.0 Å². The lowest BCUT2D eigenvalue weighted by molar-refractivity contribution is 0.102. The molecule has 0 unspecified atom stereocenters. The van der Waals surface area contributed by atoms with Gasteiger partial charge in [-0.1, -0.05) is 6.42 Å². The molecule has 0 bridgehead atoms. The normalized spacial score (nSPS) is 10.7. The summed E-state index contributed by atoms with van der Waals surface area (Å²) in [6.07, 6.45) is 9.22. The maximum Gasteiger partial charge on any atom is 0.256 e. The van der Waals surface area contributed by atoms with E-state index in [1.54, 1.807) is 31.4 Å². The third kappa shape index (κ3) is 6.71. The molecule has 2 aromatic carbocycles. The van der Waals surface area contributed by atoms with E-state index in [0.29, 0.717) is 47.1 Å². The summed E-state index contributed by atoms with van der Waals surface area (Å²) in [5, 5.41) is 6.43. The van der Waals surface area contributed by atoms with Gasteiger partial charge in [-0.2, -0.15) is 0 Å². The van der Waals surface area contributed by atoms with E-state index in [-0.39, 0.29) is 17.4 Å². The Morgan fingerprint density at radius 2 is 1.90 bits per heavy atom. The van der Waals surface area contributed by atoms with Crippen LogP contribution in [0.1, 0.15) is 30.6 Å². The van der Waals surface area contributed by atoms with Gasteiger partial charge in [0.2, 0.25) is 0 Å². The lowest BCUT2D eigenvalue weighted by Crippen LogP contribution is -2.27. The summed E-state index contributed by atoms with van der Waals surface area (Å²) in [5.74, 6) is -0.932. The number of carbonyl (C=O) groups is 1. The van der Waals surface area contributed by atoms with E-state index >= 15 is 0 Å². The average molecular weight is 547 g/mol. The predicted molar refractivity (Wildman–Crippen MR) is 149 cm³/mol. The summed E-state index contributed by atoms with van der Waals surface area (Å²) in [6, 6.07) is 12.7. The molecule has 11 heteroatoms. The number of methoxy groups -OCH3 is 1. The molecule has 206 valence electrons. The fraction of sp³-hybridized carbons (Fsp3) is 0.241. The van der Waals surface area contributed by atoms with E-state index in [2.05, 4.69) is 31.6 Å². The molecule has 0 atom stereocenters. The van der Waals surface area contributed by atoms with Crippen molar-refractivity contribution in [2.24, 2.45) is 0 Å². The second-order valence-corrected chi connectivity index (χ2v) is 9.00. The molecule has 4 rings (SSSR count). The van der Waals surface area contributed by atoms with Gasteiger partial charge in [0.15, 0.2) is 23.1 Å². The maximum atomic E-state index is 13.4. The zero-order valence-electron chi connectivity index (χ0n) is 22.2. The first kappa shape index (κ1) is 28.0. The minimum absolute atomic E-state index is 0.0299. The van der Waals surface area contributed by atoms with Crippen LogP contribution in [0, 0.1) is 24.1 Å². The van der Waals surface area contributed by atoms with E-state index in [9.17, 15) is 13.6 Å². The van der Waals surface area contributed by atoms with E-state index in [4.69, 9.17) is 15.9 Å². The van der Waals surface area contributed by atoms with Crippen molar-refractivity contribution in [2.75, 3.05) is 30.9 Å². The van der Waals surface area contributed by atoms with Crippen LogP contribution in [-0.4, -0.2) is 52.1 Å². The number of amides is 1. The van der Waals surface area contributed by atoms with Crippen LogP contribution in [0.5, 0.6) is 11.5 Å². The van der Waals surface area contributed by atoms with E-state index in [1.807, 2.05) is 18.7 Å². The number of hydrogen-bond acceptors (Lipinski definition) is 8. The molecule has 9 nitrogen and oxygen atoms in total. The van der Waals surface area contributed by atoms with Crippen molar-refractivity contribution < 1.29 is 23.0 Å². The Labute approximate surface area is 230 Å². The van der Waals surface area contributed by atoms with Gasteiger partial charge in [-0.3, -0.25) is 4.79 Å². The summed E-state index contributed by atoms with van der Waals surface area (Å²) in [7, 11) is 1.56. The Hall–Kier alpha value is -4.98. The Kier molecular flexibility index (Phi) is 8.91. The topological polar surface area (TPSA) is 102 Å². The van der Waals surface area contributed by atoms with Crippen molar-refractivity contribution in [1.82, 2.24) is 19.9 Å². The van der Waals surface area contributed by atoms with Crippen molar-refractivity contribution in [3.63, 3.8) is 0 Å². The monoisotopic (exact) mass is 546 g/mol. The molecule has 0 saturated carbocycles. The molecule has 1 amide bonds.